The maximum Gasteiger partial charge on any atom is 0.276 e. The lowest BCUT2D eigenvalue weighted by atomic mass is 9.98. The molecule has 1 atom stereocenters. The summed E-state index contributed by atoms with van der Waals surface area (Å²) in [6.07, 6.45) is 3.94. The molecule has 0 aromatic heterocycles. The minimum absolute atomic E-state index is 0.0299. The van der Waals surface area contributed by atoms with Crippen LogP contribution in [0.4, 0.5) is 0 Å². The molecule has 164 valence electrons. The van der Waals surface area contributed by atoms with Gasteiger partial charge in [0.05, 0.1) is 7.11 Å². The van der Waals surface area contributed by atoms with Crippen LogP contribution >= 0.6 is 12.2 Å². The molecule has 0 saturated heterocycles. The summed E-state index contributed by atoms with van der Waals surface area (Å²) < 4.78 is 10.7. The Morgan fingerprint density at radius 1 is 1.10 bits per heavy atom. The highest BCUT2D eigenvalue weighted by Crippen LogP contribution is 2.28. The highest BCUT2D eigenvalue weighted by molar-refractivity contribution is 7.80. The van der Waals surface area contributed by atoms with Crippen molar-refractivity contribution in [1.29, 1.82) is 0 Å². The van der Waals surface area contributed by atoms with E-state index >= 15 is 0 Å². The van der Waals surface area contributed by atoms with Crippen LogP contribution in [0.2, 0.25) is 0 Å². The third-order valence-electron chi connectivity index (χ3n) is 4.52. The molecule has 0 fully saturated rings. The molecule has 2 aromatic carbocycles. The molecule has 0 aliphatic rings. The standard InChI is InChI=1S/C23H27N3O4S/c1-4-16(2)19-7-5-6-8-20(19)30-15-22(28)25-26-23(31)24-21(27)14-11-17-9-12-18(29-3)13-10-17/h5-14,16H,4,15H2,1-3H3,(H,25,28)(H2,24,26,27,31). The Labute approximate surface area is 187 Å². The van der Waals surface area contributed by atoms with Crippen molar-refractivity contribution in [2.24, 2.45) is 0 Å². The Balaban J connectivity index is 1.75. The quantitative estimate of drug-likeness (QED) is 0.331. The van der Waals surface area contributed by atoms with Crippen LogP contribution in [0, 0.1) is 0 Å². The highest BCUT2D eigenvalue weighted by Gasteiger charge is 2.11. The summed E-state index contributed by atoms with van der Waals surface area (Å²) >= 11 is 5.01. The number of thiocarbonyl (C=S) groups is 1. The van der Waals surface area contributed by atoms with Crippen LogP contribution in [0.15, 0.2) is 54.6 Å². The SMILES string of the molecule is CCC(C)c1ccccc1OCC(=O)NNC(=S)NC(=O)C=Cc1ccc(OC)cc1. The molecule has 0 bridgehead atoms. The Bertz CT molecular complexity index is 929. The Hall–Kier alpha value is -3.39. The van der Waals surface area contributed by atoms with Crippen LogP contribution in [0.1, 0.15) is 37.3 Å². The fraction of sp³-hybridized carbons (Fsp3) is 0.261. The maximum absolute atomic E-state index is 12.0. The summed E-state index contributed by atoms with van der Waals surface area (Å²) in [5, 5.41) is 2.42. The monoisotopic (exact) mass is 441 g/mol. The van der Waals surface area contributed by atoms with Crippen LogP contribution in [-0.4, -0.2) is 30.6 Å². The summed E-state index contributed by atoms with van der Waals surface area (Å²) in [6, 6.07) is 14.9. The van der Waals surface area contributed by atoms with Crippen molar-refractivity contribution in [3.05, 3.63) is 65.7 Å². The molecular weight excluding hydrogens is 414 g/mol. The number of methoxy groups -OCH3 is 1. The minimum Gasteiger partial charge on any atom is -0.497 e. The number of hydrogen-bond donors (Lipinski definition) is 3. The van der Waals surface area contributed by atoms with Gasteiger partial charge in [-0.25, -0.2) is 0 Å². The van der Waals surface area contributed by atoms with Gasteiger partial charge in [-0.05, 0) is 60.0 Å². The molecule has 2 amide bonds. The maximum atomic E-state index is 12.0. The molecule has 31 heavy (non-hydrogen) atoms. The van der Waals surface area contributed by atoms with Gasteiger partial charge in [0.2, 0.25) is 5.91 Å². The largest absolute Gasteiger partial charge is 0.497 e. The highest BCUT2D eigenvalue weighted by atomic mass is 32.1. The third-order valence-corrected chi connectivity index (χ3v) is 4.72. The third kappa shape index (κ3) is 8.10. The molecule has 0 aliphatic heterocycles. The molecule has 0 aliphatic carbocycles. The predicted octanol–water partition coefficient (Wildman–Crippen LogP) is 3.32. The lowest BCUT2D eigenvalue weighted by Gasteiger charge is -2.16. The summed E-state index contributed by atoms with van der Waals surface area (Å²) in [6.45, 7) is 4.02. The molecule has 0 spiro atoms. The molecule has 3 N–H and O–H groups in total. The summed E-state index contributed by atoms with van der Waals surface area (Å²) in [5.74, 6) is 0.874. The molecule has 7 nitrogen and oxygen atoms in total. The van der Waals surface area contributed by atoms with Gasteiger partial charge < -0.3 is 9.47 Å². The fourth-order valence-electron chi connectivity index (χ4n) is 2.62. The molecular formula is C23H27N3O4S. The first-order valence-electron chi connectivity index (χ1n) is 9.86. The predicted molar refractivity (Wildman–Crippen MR) is 125 cm³/mol. The van der Waals surface area contributed by atoms with Gasteiger partial charge in [0.1, 0.15) is 11.5 Å². The van der Waals surface area contributed by atoms with E-state index in [-0.39, 0.29) is 11.7 Å². The first kappa shape index (κ1) is 23.9. The van der Waals surface area contributed by atoms with Gasteiger partial charge in [0.15, 0.2) is 11.7 Å². The number of benzene rings is 2. The normalized spacial score (nSPS) is 11.5. The zero-order valence-electron chi connectivity index (χ0n) is 17.8. The molecule has 2 aromatic rings. The number of carbonyl (C=O) groups excluding carboxylic acids is 2. The van der Waals surface area contributed by atoms with E-state index in [0.717, 1.165) is 23.3 Å². The number of para-hydroxylation sites is 1. The van der Waals surface area contributed by atoms with E-state index in [2.05, 4.69) is 30.0 Å². The van der Waals surface area contributed by atoms with Gasteiger partial charge in [-0.1, -0.05) is 44.2 Å². The zero-order chi connectivity index (χ0) is 22.6. The number of carbonyl (C=O) groups is 2. The van der Waals surface area contributed by atoms with Crippen molar-refractivity contribution >= 4 is 35.2 Å². The van der Waals surface area contributed by atoms with E-state index in [9.17, 15) is 9.59 Å². The van der Waals surface area contributed by atoms with Crippen molar-refractivity contribution in [3.8, 4) is 11.5 Å². The lowest BCUT2D eigenvalue weighted by Crippen LogP contribution is -2.49. The van der Waals surface area contributed by atoms with Gasteiger partial charge in [-0.2, -0.15) is 0 Å². The number of hydrazine groups is 1. The van der Waals surface area contributed by atoms with Crippen molar-refractivity contribution < 1.29 is 19.1 Å². The van der Waals surface area contributed by atoms with E-state index < -0.39 is 11.8 Å². The van der Waals surface area contributed by atoms with Gasteiger partial charge in [0, 0.05) is 6.08 Å². The molecule has 1 unspecified atom stereocenters. The van der Waals surface area contributed by atoms with Gasteiger partial charge in [-0.3, -0.25) is 25.8 Å². The first-order chi connectivity index (χ1) is 14.9. The Kier molecular flexibility index (Phi) is 9.51. The topological polar surface area (TPSA) is 88.7 Å². The van der Waals surface area contributed by atoms with Crippen LogP contribution < -0.4 is 25.6 Å². The Morgan fingerprint density at radius 2 is 1.81 bits per heavy atom. The van der Waals surface area contributed by atoms with Crippen molar-refractivity contribution in [2.45, 2.75) is 26.2 Å². The average Bonchev–Trinajstić information content (AvgIpc) is 2.80. The van der Waals surface area contributed by atoms with Crippen molar-refractivity contribution in [3.63, 3.8) is 0 Å². The number of amides is 2. The molecule has 0 heterocycles. The smallest absolute Gasteiger partial charge is 0.276 e. The molecule has 2 rings (SSSR count). The number of ether oxygens (including phenoxy) is 2. The fourth-order valence-corrected chi connectivity index (χ4v) is 2.77. The van der Waals surface area contributed by atoms with Gasteiger partial charge in [0.25, 0.3) is 5.91 Å². The van der Waals surface area contributed by atoms with Crippen LogP contribution in [0.25, 0.3) is 6.08 Å². The second kappa shape index (κ2) is 12.3. The lowest BCUT2D eigenvalue weighted by molar-refractivity contribution is -0.123. The van der Waals surface area contributed by atoms with Crippen molar-refractivity contribution in [2.75, 3.05) is 13.7 Å². The number of hydrogen-bond acceptors (Lipinski definition) is 5. The molecule has 8 heteroatoms. The van der Waals surface area contributed by atoms with Gasteiger partial charge in [-0.15, -0.1) is 0 Å². The molecule has 0 saturated carbocycles. The zero-order valence-corrected chi connectivity index (χ0v) is 18.6. The summed E-state index contributed by atoms with van der Waals surface area (Å²) in [5.41, 5.74) is 6.76. The summed E-state index contributed by atoms with van der Waals surface area (Å²) in [7, 11) is 1.59. The number of rotatable bonds is 8. The van der Waals surface area contributed by atoms with E-state index in [1.165, 1.54) is 6.08 Å². The minimum atomic E-state index is -0.429. The van der Waals surface area contributed by atoms with E-state index in [4.69, 9.17) is 21.7 Å². The van der Waals surface area contributed by atoms with E-state index in [1.807, 2.05) is 36.4 Å². The Morgan fingerprint density at radius 3 is 2.48 bits per heavy atom. The molecule has 0 radical (unpaired) electrons. The summed E-state index contributed by atoms with van der Waals surface area (Å²) in [4.78, 5) is 24.0. The van der Waals surface area contributed by atoms with E-state index in [0.29, 0.717) is 11.7 Å². The van der Waals surface area contributed by atoms with Crippen molar-refractivity contribution in [1.82, 2.24) is 16.2 Å². The second-order valence-corrected chi connectivity index (χ2v) is 7.14. The van der Waals surface area contributed by atoms with Gasteiger partial charge >= 0.3 is 0 Å². The van der Waals surface area contributed by atoms with Crippen LogP contribution in [-0.2, 0) is 9.59 Å². The van der Waals surface area contributed by atoms with Crippen LogP contribution in [0.5, 0.6) is 11.5 Å². The van der Waals surface area contributed by atoms with E-state index in [1.54, 1.807) is 25.3 Å². The van der Waals surface area contributed by atoms with Crippen LogP contribution in [0.3, 0.4) is 0 Å². The second-order valence-electron chi connectivity index (χ2n) is 6.73. The average molecular weight is 442 g/mol. The first-order valence-corrected chi connectivity index (χ1v) is 10.3. The number of nitrogens with one attached hydrogen (secondary N) is 3.